The fourth-order valence-electron chi connectivity index (χ4n) is 3.66. The number of nitrogens with one attached hydrogen (secondary N) is 1. The van der Waals surface area contributed by atoms with Gasteiger partial charge in [0.2, 0.25) is 0 Å². The predicted molar refractivity (Wildman–Crippen MR) is 134 cm³/mol. The number of rotatable bonds is 15. The van der Waals surface area contributed by atoms with Gasteiger partial charge in [0, 0.05) is 12.7 Å². The largest absolute Gasteiger partial charge is 0.462 e. The third-order valence-electron chi connectivity index (χ3n) is 5.75. The summed E-state index contributed by atoms with van der Waals surface area (Å²) in [6.45, 7) is 4.56. The van der Waals surface area contributed by atoms with E-state index in [1.54, 1.807) is 30.3 Å². The molecule has 0 bridgehead atoms. The molecule has 0 heterocycles. The summed E-state index contributed by atoms with van der Waals surface area (Å²) >= 11 is 0. The van der Waals surface area contributed by atoms with Gasteiger partial charge in [0.25, 0.3) is 0 Å². The molecule has 5 heteroatoms. The highest BCUT2D eigenvalue weighted by atomic mass is 16.5. The molecule has 0 spiro atoms. The van der Waals surface area contributed by atoms with Gasteiger partial charge >= 0.3 is 11.9 Å². The van der Waals surface area contributed by atoms with Crippen LogP contribution >= 0.6 is 0 Å². The van der Waals surface area contributed by atoms with Gasteiger partial charge in [-0.25, -0.2) is 9.59 Å². The molecule has 0 saturated heterocycles. The van der Waals surface area contributed by atoms with E-state index in [4.69, 9.17) is 9.47 Å². The summed E-state index contributed by atoms with van der Waals surface area (Å²) in [6, 6.07) is 11.9. The summed E-state index contributed by atoms with van der Waals surface area (Å²) in [6.07, 6.45) is 12.4. The van der Waals surface area contributed by atoms with Crippen molar-refractivity contribution in [3.05, 3.63) is 59.2 Å². The van der Waals surface area contributed by atoms with E-state index in [1.165, 1.54) is 51.4 Å². The van der Waals surface area contributed by atoms with Crippen LogP contribution in [0.1, 0.15) is 97.4 Å². The lowest BCUT2D eigenvalue weighted by atomic mass is 10.1. The molecule has 0 aliphatic carbocycles. The zero-order valence-electron chi connectivity index (χ0n) is 20.5. The van der Waals surface area contributed by atoms with Crippen LogP contribution in [0.3, 0.4) is 0 Å². The Morgan fingerprint density at radius 3 is 1.85 bits per heavy atom. The predicted octanol–water partition coefficient (Wildman–Crippen LogP) is 7.33. The second-order valence-corrected chi connectivity index (χ2v) is 8.52. The molecule has 33 heavy (non-hydrogen) atoms. The monoisotopic (exact) mass is 453 g/mol. The first kappa shape index (κ1) is 26.4. The van der Waals surface area contributed by atoms with Gasteiger partial charge in [0.15, 0.2) is 0 Å². The highest BCUT2D eigenvalue weighted by Gasteiger charge is 2.13. The first-order chi connectivity index (χ1) is 16.0. The summed E-state index contributed by atoms with van der Waals surface area (Å²) in [4.78, 5) is 24.7. The lowest BCUT2D eigenvalue weighted by Gasteiger charge is -2.10. The van der Waals surface area contributed by atoms with E-state index in [1.807, 2.05) is 26.1 Å². The highest BCUT2D eigenvalue weighted by Crippen LogP contribution is 2.23. The molecule has 0 amide bonds. The average molecular weight is 454 g/mol. The van der Waals surface area contributed by atoms with Gasteiger partial charge < -0.3 is 14.8 Å². The fourth-order valence-corrected chi connectivity index (χ4v) is 3.66. The van der Waals surface area contributed by atoms with Crippen molar-refractivity contribution in [3.63, 3.8) is 0 Å². The summed E-state index contributed by atoms with van der Waals surface area (Å²) < 4.78 is 10.9. The molecule has 5 nitrogen and oxygen atoms in total. The molecule has 0 aliphatic rings. The molecule has 0 atom stereocenters. The molecule has 2 rings (SSSR count). The van der Waals surface area contributed by atoms with Gasteiger partial charge in [-0.3, -0.25) is 0 Å². The summed E-state index contributed by atoms with van der Waals surface area (Å²) in [5.41, 5.74) is 2.64. The quantitative estimate of drug-likeness (QED) is 0.174. The molecule has 2 aromatic rings. The van der Waals surface area contributed by atoms with Crippen LogP contribution < -0.4 is 10.1 Å². The van der Waals surface area contributed by atoms with E-state index >= 15 is 0 Å². The van der Waals surface area contributed by atoms with Crippen molar-refractivity contribution in [2.45, 2.75) is 78.1 Å². The van der Waals surface area contributed by atoms with E-state index < -0.39 is 5.97 Å². The topological polar surface area (TPSA) is 64.6 Å². The molecule has 0 radical (unpaired) electrons. The number of esters is 2. The van der Waals surface area contributed by atoms with E-state index in [9.17, 15) is 9.59 Å². The Labute approximate surface area is 198 Å². The van der Waals surface area contributed by atoms with Gasteiger partial charge in [-0.1, -0.05) is 64.7 Å². The van der Waals surface area contributed by atoms with Crippen LogP contribution in [0.5, 0.6) is 5.75 Å². The minimum Gasteiger partial charge on any atom is -0.462 e. The highest BCUT2D eigenvalue weighted by molar-refractivity contribution is 5.94. The lowest BCUT2D eigenvalue weighted by Crippen LogP contribution is -2.11. The summed E-state index contributed by atoms with van der Waals surface area (Å²) in [5.74, 6) is -0.302. The Bertz CT molecular complexity index is 861. The van der Waals surface area contributed by atoms with Gasteiger partial charge in [0.1, 0.15) is 5.75 Å². The minimum atomic E-state index is -0.458. The van der Waals surface area contributed by atoms with E-state index in [-0.39, 0.29) is 5.97 Å². The molecule has 0 aliphatic heterocycles. The first-order valence-electron chi connectivity index (χ1n) is 12.3. The van der Waals surface area contributed by atoms with Crippen LogP contribution in [0.15, 0.2) is 42.5 Å². The van der Waals surface area contributed by atoms with Crippen molar-refractivity contribution >= 4 is 17.6 Å². The van der Waals surface area contributed by atoms with Crippen molar-refractivity contribution in [1.82, 2.24) is 0 Å². The molecule has 1 N–H and O–H groups in total. The smallest absolute Gasteiger partial charge is 0.343 e. The Morgan fingerprint density at radius 2 is 1.30 bits per heavy atom. The van der Waals surface area contributed by atoms with Crippen molar-refractivity contribution in [2.75, 3.05) is 19.0 Å². The number of unbranched alkanes of at least 4 members (excludes halogenated alkanes) is 9. The standard InChI is InChI=1S/C28H39NO4/c1-4-5-6-7-8-9-10-11-12-13-20-32-27(30)23-14-16-24(17-15-23)28(31)33-26-19-18-25(29-3)21-22(26)2/h14-19,21,29H,4-13,20H2,1-3H3. The number of anilines is 1. The van der Waals surface area contributed by atoms with Gasteiger partial charge in [-0.2, -0.15) is 0 Å². The molecular formula is C28H39NO4. The molecule has 0 saturated carbocycles. The zero-order valence-corrected chi connectivity index (χ0v) is 20.5. The Balaban J connectivity index is 1.66. The molecule has 2 aromatic carbocycles. The molecule has 0 aromatic heterocycles. The van der Waals surface area contributed by atoms with E-state index in [2.05, 4.69) is 12.2 Å². The number of carbonyl (C=O) groups excluding carboxylic acids is 2. The van der Waals surface area contributed by atoms with Crippen LogP contribution in [-0.2, 0) is 4.74 Å². The third-order valence-corrected chi connectivity index (χ3v) is 5.75. The Hall–Kier alpha value is -2.82. The van der Waals surface area contributed by atoms with E-state index in [0.29, 0.717) is 23.5 Å². The summed E-state index contributed by atoms with van der Waals surface area (Å²) in [7, 11) is 1.84. The Morgan fingerprint density at radius 1 is 0.758 bits per heavy atom. The van der Waals surface area contributed by atoms with Gasteiger partial charge in [0.05, 0.1) is 17.7 Å². The van der Waals surface area contributed by atoms with Crippen LogP contribution in [0, 0.1) is 6.92 Å². The zero-order chi connectivity index (χ0) is 23.9. The maximum atomic E-state index is 12.4. The normalized spacial score (nSPS) is 10.6. The second-order valence-electron chi connectivity index (χ2n) is 8.52. The van der Waals surface area contributed by atoms with Gasteiger partial charge in [-0.15, -0.1) is 0 Å². The van der Waals surface area contributed by atoms with Crippen LogP contribution in [0.4, 0.5) is 5.69 Å². The lowest BCUT2D eigenvalue weighted by molar-refractivity contribution is 0.0497. The molecule has 0 fully saturated rings. The minimum absolute atomic E-state index is 0.357. The van der Waals surface area contributed by atoms with Crippen molar-refractivity contribution in [3.8, 4) is 5.75 Å². The number of hydrogen-bond donors (Lipinski definition) is 1. The maximum absolute atomic E-state index is 12.4. The van der Waals surface area contributed by atoms with Crippen molar-refractivity contribution in [2.24, 2.45) is 0 Å². The first-order valence-corrected chi connectivity index (χ1v) is 12.3. The molecule has 0 unspecified atom stereocenters. The average Bonchev–Trinajstić information content (AvgIpc) is 2.83. The van der Waals surface area contributed by atoms with E-state index in [0.717, 1.165) is 24.1 Å². The van der Waals surface area contributed by atoms with Crippen molar-refractivity contribution < 1.29 is 19.1 Å². The van der Waals surface area contributed by atoms with Crippen molar-refractivity contribution in [1.29, 1.82) is 0 Å². The number of ether oxygens (including phenoxy) is 2. The van der Waals surface area contributed by atoms with Crippen LogP contribution in [-0.4, -0.2) is 25.6 Å². The number of benzene rings is 2. The maximum Gasteiger partial charge on any atom is 0.343 e. The SMILES string of the molecule is CCCCCCCCCCCCOC(=O)c1ccc(C(=O)Oc2ccc(NC)cc2C)cc1. The molecule has 180 valence electrons. The third kappa shape index (κ3) is 9.68. The Kier molecular flexibility index (Phi) is 12.1. The molecular weight excluding hydrogens is 414 g/mol. The fraction of sp³-hybridized carbons (Fsp3) is 0.500. The second kappa shape index (κ2) is 15.1. The van der Waals surface area contributed by atoms with Crippen LogP contribution in [0.2, 0.25) is 0 Å². The number of carbonyl (C=O) groups is 2. The summed E-state index contributed by atoms with van der Waals surface area (Å²) in [5, 5.41) is 3.05. The van der Waals surface area contributed by atoms with Gasteiger partial charge in [-0.05, 0) is 61.4 Å². The van der Waals surface area contributed by atoms with Crippen LogP contribution in [0.25, 0.3) is 0 Å². The number of hydrogen-bond acceptors (Lipinski definition) is 5. The number of aryl methyl sites for hydroxylation is 1.